The molecule has 0 radical (unpaired) electrons. The zero-order valence-corrected chi connectivity index (χ0v) is 13.3. The van der Waals surface area contributed by atoms with Gasteiger partial charge in [0.05, 0.1) is 0 Å². The highest BCUT2D eigenvalue weighted by Crippen LogP contribution is 2.31. The molecule has 3 heteroatoms. The van der Waals surface area contributed by atoms with Crippen LogP contribution in [0.5, 0.6) is 0 Å². The monoisotopic (exact) mass is 267 g/mol. The third kappa shape index (κ3) is 4.63. The lowest BCUT2D eigenvalue weighted by Gasteiger charge is -2.33. The molecule has 0 aromatic carbocycles. The molecular formula is C16H29NO2. The Bertz CT molecular complexity index is 339. The summed E-state index contributed by atoms with van der Waals surface area (Å²) >= 11 is 0. The van der Waals surface area contributed by atoms with Crippen LogP contribution in [0.4, 0.5) is 0 Å². The summed E-state index contributed by atoms with van der Waals surface area (Å²) < 4.78 is 0. The van der Waals surface area contributed by atoms with E-state index in [0.29, 0.717) is 5.78 Å². The summed E-state index contributed by atoms with van der Waals surface area (Å²) in [7, 11) is 0. The number of carbonyl (C=O) groups is 2. The smallest absolute Gasteiger partial charge is 0.225 e. The second-order valence-corrected chi connectivity index (χ2v) is 7.89. The molecule has 0 aromatic rings. The zero-order chi connectivity index (χ0) is 14.8. The fraction of sp³-hybridized carbons (Fsp3) is 0.875. The van der Waals surface area contributed by atoms with Crippen molar-refractivity contribution in [3.8, 4) is 0 Å². The Labute approximate surface area is 117 Å². The quantitative estimate of drug-likeness (QED) is 0.834. The highest BCUT2D eigenvalue weighted by atomic mass is 16.2. The molecule has 1 saturated carbocycles. The molecule has 0 heterocycles. The van der Waals surface area contributed by atoms with E-state index in [1.54, 1.807) is 0 Å². The average Bonchev–Trinajstić information content (AvgIpc) is 2.26. The molecule has 19 heavy (non-hydrogen) atoms. The Hall–Kier alpha value is -0.860. The van der Waals surface area contributed by atoms with Crippen molar-refractivity contribution in [3.05, 3.63) is 0 Å². The zero-order valence-electron chi connectivity index (χ0n) is 13.3. The Kier molecular flexibility index (Phi) is 4.81. The maximum absolute atomic E-state index is 12.2. The minimum Gasteiger partial charge on any atom is -0.353 e. The molecule has 0 aliphatic heterocycles. The van der Waals surface area contributed by atoms with Crippen molar-refractivity contribution in [2.24, 2.45) is 16.7 Å². The van der Waals surface area contributed by atoms with Crippen LogP contribution in [0, 0.1) is 16.7 Å². The van der Waals surface area contributed by atoms with Gasteiger partial charge in [0.1, 0.15) is 5.78 Å². The number of ketones is 1. The first-order valence-corrected chi connectivity index (χ1v) is 7.37. The third-order valence-corrected chi connectivity index (χ3v) is 3.85. The molecule has 0 aromatic heterocycles. The maximum Gasteiger partial charge on any atom is 0.225 e. The molecule has 0 spiro atoms. The molecule has 1 aliphatic carbocycles. The van der Waals surface area contributed by atoms with Gasteiger partial charge in [-0.25, -0.2) is 0 Å². The molecule has 0 unspecified atom stereocenters. The molecule has 1 fully saturated rings. The molecule has 0 saturated heterocycles. The van der Waals surface area contributed by atoms with Crippen LogP contribution in [0.3, 0.4) is 0 Å². The summed E-state index contributed by atoms with van der Waals surface area (Å²) in [5.74, 6) is 0.661. The predicted molar refractivity (Wildman–Crippen MR) is 77.8 cm³/mol. The van der Waals surface area contributed by atoms with Crippen LogP contribution in [0.1, 0.15) is 67.2 Å². The van der Waals surface area contributed by atoms with Gasteiger partial charge in [-0.15, -0.1) is 0 Å². The van der Waals surface area contributed by atoms with Crippen molar-refractivity contribution < 1.29 is 9.59 Å². The molecule has 1 amide bonds. The normalized spacial score (nSPS) is 24.9. The maximum atomic E-state index is 12.2. The van der Waals surface area contributed by atoms with Crippen molar-refractivity contribution in [2.45, 2.75) is 73.3 Å². The molecule has 1 N–H and O–H groups in total. The lowest BCUT2D eigenvalue weighted by atomic mass is 9.75. The second kappa shape index (κ2) is 5.64. The predicted octanol–water partition coefficient (Wildman–Crippen LogP) is 3.32. The van der Waals surface area contributed by atoms with Gasteiger partial charge >= 0.3 is 0 Å². The number of carbonyl (C=O) groups excluding carboxylic acids is 2. The van der Waals surface area contributed by atoms with Crippen LogP contribution >= 0.6 is 0 Å². The van der Waals surface area contributed by atoms with Crippen LogP contribution in [0.15, 0.2) is 0 Å². The van der Waals surface area contributed by atoms with E-state index in [2.05, 4.69) is 5.32 Å². The van der Waals surface area contributed by atoms with Crippen molar-refractivity contribution >= 4 is 11.7 Å². The number of hydrogen-bond acceptors (Lipinski definition) is 2. The van der Waals surface area contributed by atoms with Gasteiger partial charge in [0.2, 0.25) is 5.91 Å². The van der Waals surface area contributed by atoms with Crippen LogP contribution in [0.25, 0.3) is 0 Å². The lowest BCUT2D eigenvalue weighted by molar-refractivity contribution is -0.132. The Morgan fingerprint density at radius 1 is 0.842 bits per heavy atom. The number of nitrogens with one attached hydrogen (secondary N) is 1. The van der Waals surface area contributed by atoms with E-state index in [1.807, 2.05) is 41.5 Å². The van der Waals surface area contributed by atoms with Crippen molar-refractivity contribution in [1.29, 1.82) is 0 Å². The van der Waals surface area contributed by atoms with E-state index < -0.39 is 0 Å². The summed E-state index contributed by atoms with van der Waals surface area (Å²) in [6, 6.07) is 0.246. The van der Waals surface area contributed by atoms with E-state index in [4.69, 9.17) is 0 Å². The van der Waals surface area contributed by atoms with Crippen LogP contribution in [0.2, 0.25) is 0 Å². The van der Waals surface area contributed by atoms with Gasteiger partial charge < -0.3 is 5.32 Å². The van der Waals surface area contributed by atoms with Gasteiger partial charge in [-0.1, -0.05) is 41.5 Å². The van der Waals surface area contributed by atoms with Crippen molar-refractivity contribution in [1.82, 2.24) is 5.32 Å². The molecule has 1 rings (SSSR count). The number of Topliss-reactive ketones (excluding diaryl/α,β-unsaturated/α-hetero) is 1. The standard InChI is InChI=1S/C16H29NO2/c1-15(2,3)13(18)11-7-9-12(10-8-11)17-14(19)16(4,5)6/h11-12H,7-10H2,1-6H3,(H,17,19)/t11-,12-. The summed E-state index contributed by atoms with van der Waals surface area (Å²) in [5, 5.41) is 3.11. The van der Waals surface area contributed by atoms with Gasteiger partial charge in [-0.2, -0.15) is 0 Å². The minimum absolute atomic E-state index is 0.109. The SMILES string of the molecule is CC(C)(C)C(=O)N[C@H]1CC[C@H](C(=O)C(C)(C)C)CC1. The van der Waals surface area contributed by atoms with E-state index >= 15 is 0 Å². The largest absolute Gasteiger partial charge is 0.353 e. The van der Waals surface area contributed by atoms with Crippen LogP contribution in [-0.2, 0) is 9.59 Å². The molecule has 1 aliphatic rings. The Morgan fingerprint density at radius 3 is 1.68 bits per heavy atom. The summed E-state index contributed by atoms with van der Waals surface area (Å²) in [6.45, 7) is 11.7. The molecule has 0 atom stereocenters. The van der Waals surface area contributed by atoms with Crippen molar-refractivity contribution in [3.63, 3.8) is 0 Å². The van der Waals surface area contributed by atoms with Crippen LogP contribution in [-0.4, -0.2) is 17.7 Å². The lowest BCUT2D eigenvalue weighted by Crippen LogP contribution is -2.44. The first-order chi connectivity index (χ1) is 8.51. The number of hydrogen-bond donors (Lipinski definition) is 1. The molecule has 110 valence electrons. The minimum atomic E-state index is -0.335. The third-order valence-electron chi connectivity index (χ3n) is 3.85. The highest BCUT2D eigenvalue weighted by Gasteiger charge is 2.33. The molecular weight excluding hydrogens is 238 g/mol. The average molecular weight is 267 g/mol. The van der Waals surface area contributed by atoms with E-state index in [9.17, 15) is 9.59 Å². The van der Waals surface area contributed by atoms with Gasteiger partial charge in [-0.3, -0.25) is 9.59 Å². The fourth-order valence-electron chi connectivity index (χ4n) is 2.51. The summed E-state index contributed by atoms with van der Waals surface area (Å²) in [4.78, 5) is 24.1. The van der Waals surface area contributed by atoms with E-state index in [0.717, 1.165) is 25.7 Å². The van der Waals surface area contributed by atoms with Gasteiger partial charge in [0, 0.05) is 22.8 Å². The van der Waals surface area contributed by atoms with Crippen LogP contribution < -0.4 is 5.32 Å². The molecule has 3 nitrogen and oxygen atoms in total. The fourth-order valence-corrected chi connectivity index (χ4v) is 2.51. The summed E-state index contributed by atoms with van der Waals surface area (Å²) in [5.41, 5.74) is -0.579. The van der Waals surface area contributed by atoms with E-state index in [-0.39, 0.29) is 28.7 Å². The topological polar surface area (TPSA) is 46.2 Å². The molecule has 0 bridgehead atoms. The van der Waals surface area contributed by atoms with Gasteiger partial charge in [-0.05, 0) is 25.7 Å². The van der Waals surface area contributed by atoms with Gasteiger partial charge in [0.25, 0.3) is 0 Å². The first kappa shape index (κ1) is 16.2. The van der Waals surface area contributed by atoms with Crippen molar-refractivity contribution in [2.75, 3.05) is 0 Å². The second-order valence-electron chi connectivity index (χ2n) is 7.89. The first-order valence-electron chi connectivity index (χ1n) is 7.37. The highest BCUT2D eigenvalue weighted by molar-refractivity contribution is 5.86. The van der Waals surface area contributed by atoms with Gasteiger partial charge in [0.15, 0.2) is 0 Å². The number of rotatable bonds is 2. The Balaban J connectivity index is 2.46. The van der Waals surface area contributed by atoms with E-state index in [1.165, 1.54) is 0 Å². The summed E-state index contributed by atoms with van der Waals surface area (Å²) in [6.07, 6.45) is 3.67. The number of amides is 1. The Morgan fingerprint density at radius 2 is 1.32 bits per heavy atom.